The lowest BCUT2D eigenvalue weighted by atomic mass is 9.50. The molecule has 0 saturated heterocycles. The van der Waals surface area contributed by atoms with E-state index in [-0.39, 0.29) is 23.2 Å². The smallest absolute Gasteiger partial charge is 0.331 e. The molecule has 0 aliphatic heterocycles. The molecular formula is C20H32O4. The van der Waals surface area contributed by atoms with Crippen LogP contribution in [0.25, 0.3) is 0 Å². The second-order valence-corrected chi connectivity index (χ2v) is 8.77. The topological polar surface area (TPSA) is 74.6 Å². The van der Waals surface area contributed by atoms with E-state index in [0.29, 0.717) is 23.8 Å². The first-order valence-corrected chi connectivity index (χ1v) is 9.17. The predicted octanol–water partition coefficient (Wildman–Crippen LogP) is 4.74. The monoisotopic (exact) mass is 336 g/mol. The van der Waals surface area contributed by atoms with Gasteiger partial charge in [0.25, 0.3) is 0 Å². The summed E-state index contributed by atoms with van der Waals surface area (Å²) in [5.41, 5.74) is 1.72. The Morgan fingerprint density at radius 2 is 1.92 bits per heavy atom. The Kier molecular flexibility index (Phi) is 5.17. The molecular weight excluding hydrogens is 304 g/mol. The Balaban J connectivity index is 2.23. The molecule has 0 bridgehead atoms. The highest BCUT2D eigenvalue weighted by Gasteiger charge is 2.56. The van der Waals surface area contributed by atoms with Crippen LogP contribution in [-0.4, -0.2) is 22.2 Å². The van der Waals surface area contributed by atoms with Crippen LogP contribution in [0.4, 0.5) is 0 Å². The van der Waals surface area contributed by atoms with Gasteiger partial charge in [-0.1, -0.05) is 33.3 Å². The van der Waals surface area contributed by atoms with Crippen molar-refractivity contribution in [2.75, 3.05) is 0 Å². The van der Waals surface area contributed by atoms with Gasteiger partial charge < -0.3 is 10.2 Å². The van der Waals surface area contributed by atoms with Crippen LogP contribution < -0.4 is 0 Å². The summed E-state index contributed by atoms with van der Waals surface area (Å²) in [6.07, 6.45) is 4.91. The zero-order valence-corrected chi connectivity index (χ0v) is 15.7. The van der Waals surface area contributed by atoms with Crippen molar-refractivity contribution in [3.05, 3.63) is 11.1 Å². The molecule has 0 heterocycles. The van der Waals surface area contributed by atoms with Crippen molar-refractivity contribution in [3.8, 4) is 0 Å². The lowest BCUT2D eigenvalue weighted by molar-refractivity contribution is -0.138. The van der Waals surface area contributed by atoms with E-state index < -0.39 is 11.9 Å². The van der Waals surface area contributed by atoms with E-state index in [0.717, 1.165) is 31.3 Å². The second-order valence-electron chi connectivity index (χ2n) is 8.77. The molecule has 2 rings (SSSR count). The summed E-state index contributed by atoms with van der Waals surface area (Å²) in [6, 6.07) is 0. The maximum atomic E-state index is 11.7. The van der Waals surface area contributed by atoms with Crippen molar-refractivity contribution in [2.24, 2.45) is 28.6 Å². The zero-order chi connectivity index (χ0) is 18.3. The minimum absolute atomic E-state index is 0.0228. The summed E-state index contributed by atoms with van der Waals surface area (Å²) in [5, 5.41) is 18.6. The predicted molar refractivity (Wildman–Crippen MR) is 93.7 cm³/mol. The number of fused-ring (bicyclic) bond motifs is 1. The summed E-state index contributed by atoms with van der Waals surface area (Å²) < 4.78 is 0. The minimum Gasteiger partial charge on any atom is -0.481 e. The maximum absolute atomic E-state index is 11.7. The van der Waals surface area contributed by atoms with Crippen molar-refractivity contribution < 1.29 is 19.8 Å². The molecule has 0 spiro atoms. The molecule has 5 atom stereocenters. The number of hydrogen-bond acceptors (Lipinski definition) is 2. The number of aliphatic carboxylic acids is 2. The number of hydrogen-bond donors (Lipinski definition) is 2. The molecule has 0 amide bonds. The van der Waals surface area contributed by atoms with E-state index in [1.54, 1.807) is 0 Å². The van der Waals surface area contributed by atoms with Gasteiger partial charge in [-0.05, 0) is 67.6 Å². The molecule has 1 fully saturated rings. The average molecular weight is 336 g/mol. The van der Waals surface area contributed by atoms with E-state index in [4.69, 9.17) is 5.11 Å². The van der Waals surface area contributed by atoms with Gasteiger partial charge >= 0.3 is 11.9 Å². The van der Waals surface area contributed by atoms with Gasteiger partial charge in [0.2, 0.25) is 0 Å². The number of carbonyl (C=O) groups is 2. The molecule has 0 aromatic carbocycles. The van der Waals surface area contributed by atoms with E-state index in [1.807, 2.05) is 13.8 Å². The fraction of sp³-hybridized carbons (Fsp3) is 0.800. The molecule has 4 heteroatoms. The number of rotatable bonds is 6. The van der Waals surface area contributed by atoms with Crippen LogP contribution in [0, 0.1) is 28.6 Å². The van der Waals surface area contributed by atoms with Crippen LogP contribution in [0.1, 0.15) is 73.1 Å². The third-order valence-electron chi connectivity index (χ3n) is 7.46. The van der Waals surface area contributed by atoms with Gasteiger partial charge in [-0.15, -0.1) is 0 Å². The van der Waals surface area contributed by atoms with Gasteiger partial charge in [0, 0.05) is 12.0 Å². The van der Waals surface area contributed by atoms with Crippen LogP contribution in [-0.2, 0) is 9.59 Å². The molecule has 2 N–H and O–H groups in total. The van der Waals surface area contributed by atoms with Gasteiger partial charge in [0.1, 0.15) is 0 Å². The highest BCUT2D eigenvalue weighted by atomic mass is 16.4. The van der Waals surface area contributed by atoms with Crippen LogP contribution in [0.3, 0.4) is 0 Å². The zero-order valence-electron chi connectivity index (χ0n) is 15.7. The van der Waals surface area contributed by atoms with Gasteiger partial charge in [0.15, 0.2) is 0 Å². The van der Waals surface area contributed by atoms with Crippen molar-refractivity contribution >= 4 is 11.9 Å². The summed E-state index contributed by atoms with van der Waals surface area (Å²) in [7, 11) is 0. The first-order chi connectivity index (χ1) is 11.0. The highest BCUT2D eigenvalue weighted by molar-refractivity contribution is 5.88. The SMILES string of the molecule is CC1=C(C(=O)O)C[C@@H]2[C@@](C)(CC[C@@H](C)CC(=O)O)[C@H](C)CC[C@@]12C. The number of carboxylic acids is 2. The molecule has 0 radical (unpaired) electrons. The third-order valence-corrected chi connectivity index (χ3v) is 7.46. The molecule has 24 heavy (non-hydrogen) atoms. The second kappa shape index (κ2) is 6.53. The van der Waals surface area contributed by atoms with Gasteiger partial charge in [0.05, 0.1) is 0 Å². The Morgan fingerprint density at radius 3 is 2.46 bits per heavy atom. The standard InChI is InChI=1S/C20H32O4/c1-12(10-17(21)22)6-8-19(4)13(2)7-9-20(5)14(3)15(18(23)24)11-16(19)20/h12-13,16H,6-11H2,1-5H3,(H,21,22)(H,23,24)/t12-,13-,16-,19+,20+/m1/s1. The largest absolute Gasteiger partial charge is 0.481 e. The summed E-state index contributed by atoms with van der Waals surface area (Å²) in [6.45, 7) is 10.9. The van der Waals surface area contributed by atoms with Crippen molar-refractivity contribution in [2.45, 2.75) is 73.1 Å². The van der Waals surface area contributed by atoms with Gasteiger partial charge in [-0.3, -0.25) is 4.79 Å². The Morgan fingerprint density at radius 1 is 1.29 bits per heavy atom. The highest BCUT2D eigenvalue weighted by Crippen LogP contribution is 2.64. The average Bonchev–Trinajstić information content (AvgIpc) is 2.75. The molecule has 1 saturated carbocycles. The first-order valence-electron chi connectivity index (χ1n) is 9.17. The van der Waals surface area contributed by atoms with Crippen LogP contribution in [0.15, 0.2) is 11.1 Å². The first kappa shape index (κ1) is 19.0. The van der Waals surface area contributed by atoms with E-state index in [9.17, 15) is 14.7 Å². The van der Waals surface area contributed by atoms with E-state index >= 15 is 0 Å². The van der Waals surface area contributed by atoms with Crippen LogP contribution in [0.2, 0.25) is 0 Å². The van der Waals surface area contributed by atoms with Crippen LogP contribution in [0.5, 0.6) is 0 Å². The van der Waals surface area contributed by atoms with Gasteiger partial charge in [-0.25, -0.2) is 4.79 Å². The molecule has 4 nitrogen and oxygen atoms in total. The third kappa shape index (κ3) is 3.12. The minimum atomic E-state index is -0.766. The normalized spacial score (nSPS) is 37.2. The molecule has 0 aromatic rings. The van der Waals surface area contributed by atoms with Crippen molar-refractivity contribution in [1.82, 2.24) is 0 Å². The van der Waals surface area contributed by atoms with Crippen molar-refractivity contribution in [1.29, 1.82) is 0 Å². The molecule has 0 unspecified atom stereocenters. The molecule has 2 aliphatic carbocycles. The van der Waals surface area contributed by atoms with E-state index in [2.05, 4.69) is 20.8 Å². The lowest BCUT2D eigenvalue weighted by Crippen LogP contribution is -2.46. The summed E-state index contributed by atoms with van der Waals surface area (Å²) >= 11 is 0. The molecule has 2 aliphatic rings. The Hall–Kier alpha value is -1.32. The molecule has 136 valence electrons. The Labute approximate surface area is 145 Å². The van der Waals surface area contributed by atoms with Gasteiger partial charge in [-0.2, -0.15) is 0 Å². The quantitative estimate of drug-likeness (QED) is 0.734. The fourth-order valence-corrected chi connectivity index (χ4v) is 5.33. The fourth-order valence-electron chi connectivity index (χ4n) is 5.33. The Bertz CT molecular complexity index is 564. The summed E-state index contributed by atoms with van der Waals surface area (Å²) in [4.78, 5) is 22.6. The lowest BCUT2D eigenvalue weighted by Gasteiger charge is -2.54. The number of allylic oxidation sites excluding steroid dienone is 1. The van der Waals surface area contributed by atoms with Crippen LogP contribution >= 0.6 is 0 Å². The molecule has 0 aromatic heterocycles. The number of carboxylic acid groups (broad SMARTS) is 2. The van der Waals surface area contributed by atoms with E-state index in [1.165, 1.54) is 0 Å². The summed E-state index contributed by atoms with van der Waals surface area (Å²) in [5.74, 6) is -0.461. The van der Waals surface area contributed by atoms with Crippen molar-refractivity contribution in [3.63, 3.8) is 0 Å². The maximum Gasteiger partial charge on any atom is 0.331 e.